The van der Waals surface area contributed by atoms with Crippen LogP contribution in [0.1, 0.15) is 47.2 Å². The van der Waals surface area contributed by atoms with Crippen LogP contribution in [0.5, 0.6) is 28.7 Å². The fraction of sp³-hybridized carbons (Fsp3) is 0.241. The van der Waals surface area contributed by atoms with Gasteiger partial charge in [-0.15, -0.1) is 0 Å². The molecule has 0 saturated carbocycles. The number of carbonyl (C=O) groups is 1. The number of hydrogen-bond donors (Lipinski definition) is 1. The number of ether oxygens (including phenoxy) is 5. The molecule has 1 aliphatic rings. The topological polar surface area (TPSA) is 113 Å². The number of para-hydroxylation sites is 1. The van der Waals surface area contributed by atoms with Gasteiger partial charge in [0.1, 0.15) is 23.1 Å². The Bertz CT molecular complexity index is 1460. The molecule has 4 rings (SSSR count). The molecule has 3 aromatic rings. The lowest BCUT2D eigenvalue weighted by Gasteiger charge is -2.28. The number of esters is 1. The van der Waals surface area contributed by atoms with E-state index in [0.29, 0.717) is 40.7 Å². The summed E-state index contributed by atoms with van der Waals surface area (Å²) in [5.41, 5.74) is 7.80. The fourth-order valence-corrected chi connectivity index (χ4v) is 4.85. The van der Waals surface area contributed by atoms with E-state index in [1.54, 1.807) is 24.3 Å². The molecular formula is C29H26Cl2N2O6. The molecule has 3 aromatic carbocycles. The Labute approximate surface area is 236 Å². The van der Waals surface area contributed by atoms with E-state index in [9.17, 15) is 10.1 Å². The first-order chi connectivity index (χ1) is 18.8. The van der Waals surface area contributed by atoms with Gasteiger partial charge in [0.2, 0.25) is 5.88 Å². The summed E-state index contributed by atoms with van der Waals surface area (Å²) >= 11 is 12.6. The number of halogens is 2. The van der Waals surface area contributed by atoms with Crippen LogP contribution in [-0.4, -0.2) is 26.8 Å². The summed E-state index contributed by atoms with van der Waals surface area (Å²) in [5, 5.41) is 10.3. The first-order valence-corrected chi connectivity index (χ1v) is 12.8. The zero-order valence-corrected chi connectivity index (χ0v) is 23.1. The minimum Gasteiger partial charge on any atom is -0.493 e. The Morgan fingerprint density at radius 2 is 1.79 bits per heavy atom. The molecule has 0 bridgehead atoms. The van der Waals surface area contributed by atoms with E-state index in [4.69, 9.17) is 52.6 Å². The molecular weight excluding hydrogens is 543 g/mol. The summed E-state index contributed by atoms with van der Waals surface area (Å²) in [5.74, 6) is 0.448. The number of benzene rings is 3. The molecule has 202 valence electrons. The molecule has 0 spiro atoms. The van der Waals surface area contributed by atoms with Gasteiger partial charge in [0.15, 0.2) is 17.2 Å². The number of allylic oxidation sites excluding steroid dienone is 1. The quantitative estimate of drug-likeness (QED) is 0.174. The molecule has 1 atom stereocenters. The predicted molar refractivity (Wildman–Crippen MR) is 147 cm³/mol. The predicted octanol–water partition coefficient (Wildman–Crippen LogP) is 6.63. The summed E-state index contributed by atoms with van der Waals surface area (Å²) in [4.78, 5) is 12.9. The number of fused-ring (bicyclic) bond motifs is 1. The number of unbranched alkanes of at least 4 members (excludes halogenated alkanes) is 1. The van der Waals surface area contributed by atoms with Crippen LogP contribution < -0.4 is 29.4 Å². The second-order valence-corrected chi connectivity index (χ2v) is 9.38. The Morgan fingerprint density at radius 3 is 2.44 bits per heavy atom. The van der Waals surface area contributed by atoms with Crippen LogP contribution >= 0.6 is 23.2 Å². The molecule has 39 heavy (non-hydrogen) atoms. The molecule has 0 aromatic heterocycles. The number of hydrogen-bond acceptors (Lipinski definition) is 8. The van der Waals surface area contributed by atoms with Crippen LogP contribution in [0.2, 0.25) is 10.0 Å². The van der Waals surface area contributed by atoms with Crippen LogP contribution in [0.25, 0.3) is 0 Å². The van der Waals surface area contributed by atoms with Crippen molar-refractivity contribution < 1.29 is 28.5 Å². The van der Waals surface area contributed by atoms with Gasteiger partial charge < -0.3 is 29.4 Å². The van der Waals surface area contributed by atoms with Crippen molar-refractivity contribution in [1.29, 1.82) is 5.26 Å². The summed E-state index contributed by atoms with van der Waals surface area (Å²) in [7, 11) is 3.05. The van der Waals surface area contributed by atoms with E-state index < -0.39 is 11.9 Å². The van der Waals surface area contributed by atoms with E-state index in [2.05, 4.69) is 6.07 Å². The lowest BCUT2D eigenvalue weighted by atomic mass is 9.83. The van der Waals surface area contributed by atoms with Gasteiger partial charge in [0.05, 0.1) is 42.4 Å². The highest BCUT2D eigenvalue weighted by Gasteiger charge is 2.34. The second kappa shape index (κ2) is 12.2. The molecule has 0 amide bonds. The lowest BCUT2D eigenvalue weighted by Crippen LogP contribution is -2.21. The smallest absolute Gasteiger partial charge is 0.343 e. The van der Waals surface area contributed by atoms with Gasteiger partial charge in [-0.2, -0.15) is 5.26 Å². The van der Waals surface area contributed by atoms with Crippen LogP contribution in [-0.2, 0) is 0 Å². The van der Waals surface area contributed by atoms with Gasteiger partial charge in [-0.05, 0) is 30.7 Å². The van der Waals surface area contributed by atoms with Gasteiger partial charge >= 0.3 is 5.97 Å². The van der Waals surface area contributed by atoms with Crippen molar-refractivity contribution >= 4 is 29.2 Å². The Morgan fingerprint density at radius 1 is 1.05 bits per heavy atom. The minimum absolute atomic E-state index is 0.0689. The largest absolute Gasteiger partial charge is 0.493 e. The molecule has 0 saturated heterocycles. The molecule has 8 nitrogen and oxygen atoms in total. The number of rotatable bonds is 9. The van der Waals surface area contributed by atoms with E-state index in [0.717, 1.165) is 12.8 Å². The third kappa shape index (κ3) is 5.70. The second-order valence-electron chi connectivity index (χ2n) is 8.57. The van der Waals surface area contributed by atoms with Gasteiger partial charge in [-0.25, -0.2) is 4.79 Å². The van der Waals surface area contributed by atoms with Crippen molar-refractivity contribution in [2.75, 3.05) is 20.8 Å². The average Bonchev–Trinajstić information content (AvgIpc) is 2.93. The molecule has 2 N–H and O–H groups in total. The maximum absolute atomic E-state index is 12.9. The van der Waals surface area contributed by atoms with Gasteiger partial charge in [0.25, 0.3) is 0 Å². The van der Waals surface area contributed by atoms with Crippen molar-refractivity contribution in [3.63, 3.8) is 0 Å². The third-order valence-electron chi connectivity index (χ3n) is 6.12. The van der Waals surface area contributed by atoms with E-state index in [1.807, 2.05) is 13.0 Å². The summed E-state index contributed by atoms with van der Waals surface area (Å²) < 4.78 is 28.0. The van der Waals surface area contributed by atoms with Crippen LogP contribution in [0.4, 0.5) is 0 Å². The zero-order chi connectivity index (χ0) is 28.1. The van der Waals surface area contributed by atoms with Crippen molar-refractivity contribution in [1.82, 2.24) is 0 Å². The highest BCUT2D eigenvalue weighted by atomic mass is 35.5. The Kier molecular flexibility index (Phi) is 8.75. The van der Waals surface area contributed by atoms with E-state index in [1.165, 1.54) is 32.4 Å². The number of nitrogens with zero attached hydrogens (tertiary/aromatic N) is 1. The number of nitrogens with two attached hydrogens (primary N) is 1. The summed E-state index contributed by atoms with van der Waals surface area (Å²) in [6.07, 6.45) is 1.80. The van der Waals surface area contributed by atoms with Gasteiger partial charge in [-0.1, -0.05) is 54.7 Å². The molecule has 1 heterocycles. The first kappa shape index (κ1) is 28.0. The molecule has 1 unspecified atom stereocenters. The van der Waals surface area contributed by atoms with Crippen molar-refractivity contribution in [3.8, 4) is 34.8 Å². The highest BCUT2D eigenvalue weighted by Crippen LogP contribution is 2.48. The SMILES string of the molecule is CCCCOc1c(Cl)cc(C(=O)Oc2ccc3c(c2)OC(N)=C(C#N)C3c2cccc(OC)c2OC)cc1Cl. The van der Waals surface area contributed by atoms with Crippen LogP contribution in [0.15, 0.2) is 60.0 Å². The molecule has 1 aliphatic heterocycles. The molecule has 0 aliphatic carbocycles. The highest BCUT2D eigenvalue weighted by molar-refractivity contribution is 6.37. The number of nitriles is 1. The maximum Gasteiger partial charge on any atom is 0.343 e. The van der Waals surface area contributed by atoms with Crippen LogP contribution in [0, 0.1) is 11.3 Å². The summed E-state index contributed by atoms with van der Waals surface area (Å²) in [6, 6.07) is 15.2. The molecule has 0 radical (unpaired) electrons. The standard InChI is InChI=1S/C29H26Cl2N2O6/c1-4-5-11-37-27-21(30)12-16(13-22(27)31)29(34)38-17-9-10-18-24(14-17)39-28(33)20(15-32)25(18)19-7-6-8-23(35-2)26(19)36-3/h6-10,12-14,25H,4-5,11,33H2,1-3H3. The average molecular weight is 569 g/mol. The summed E-state index contributed by atoms with van der Waals surface area (Å²) in [6.45, 7) is 2.50. The van der Waals surface area contributed by atoms with Gasteiger partial charge in [-0.3, -0.25) is 0 Å². The van der Waals surface area contributed by atoms with E-state index in [-0.39, 0.29) is 32.8 Å². The van der Waals surface area contributed by atoms with Crippen molar-refractivity contribution in [3.05, 3.63) is 86.7 Å². The van der Waals surface area contributed by atoms with Crippen molar-refractivity contribution in [2.45, 2.75) is 25.7 Å². The number of carbonyl (C=O) groups excluding carboxylic acids is 1. The first-order valence-electron chi connectivity index (χ1n) is 12.1. The normalized spacial score (nSPS) is 14.1. The third-order valence-corrected chi connectivity index (χ3v) is 6.69. The number of methoxy groups -OCH3 is 2. The Hall–Kier alpha value is -4.06. The van der Waals surface area contributed by atoms with E-state index >= 15 is 0 Å². The minimum atomic E-state index is -0.679. The zero-order valence-electron chi connectivity index (χ0n) is 21.5. The Balaban J connectivity index is 1.65. The fourth-order valence-electron chi connectivity index (χ4n) is 4.26. The van der Waals surface area contributed by atoms with Crippen molar-refractivity contribution in [2.24, 2.45) is 5.73 Å². The maximum atomic E-state index is 12.9. The molecule has 10 heteroatoms. The van der Waals surface area contributed by atoms with Gasteiger partial charge in [0, 0.05) is 17.2 Å². The molecule has 0 fully saturated rings. The lowest BCUT2D eigenvalue weighted by molar-refractivity contribution is 0.0734. The monoisotopic (exact) mass is 568 g/mol. The van der Waals surface area contributed by atoms with Crippen LogP contribution in [0.3, 0.4) is 0 Å².